The zero-order chi connectivity index (χ0) is 14.7. The van der Waals surface area contributed by atoms with Gasteiger partial charge in [-0.1, -0.05) is 30.3 Å². The Balaban J connectivity index is 2.29. The summed E-state index contributed by atoms with van der Waals surface area (Å²) < 4.78 is 5.49. The molecule has 0 spiro atoms. The summed E-state index contributed by atoms with van der Waals surface area (Å²) in [5.74, 6) is -0.305. The first-order valence-corrected chi connectivity index (χ1v) is 6.73. The molecule has 1 N–H and O–H groups in total. The van der Waals surface area contributed by atoms with Gasteiger partial charge in [0, 0.05) is 13.1 Å². The highest BCUT2D eigenvalue weighted by molar-refractivity contribution is 5.86. The normalized spacial score (nSPS) is 23.0. The van der Waals surface area contributed by atoms with Crippen LogP contribution in [0.25, 0.3) is 0 Å². The van der Waals surface area contributed by atoms with Gasteiger partial charge in [-0.25, -0.2) is 0 Å². The lowest BCUT2D eigenvalue weighted by atomic mass is 9.97. The number of nitrogens with zero attached hydrogens (tertiary/aromatic N) is 1. The summed E-state index contributed by atoms with van der Waals surface area (Å²) in [6.07, 6.45) is -0.678. The highest BCUT2D eigenvalue weighted by atomic mass is 16.5. The van der Waals surface area contributed by atoms with Crippen LogP contribution in [-0.2, 0) is 14.3 Å². The largest absolute Gasteiger partial charge is 0.356 e. The third-order valence-corrected chi connectivity index (χ3v) is 3.31. The molecular formula is C15H20N2O3. The Morgan fingerprint density at radius 1 is 1.35 bits per heavy atom. The van der Waals surface area contributed by atoms with Crippen LogP contribution in [0.5, 0.6) is 0 Å². The highest BCUT2D eigenvalue weighted by Gasteiger charge is 2.39. The Bertz CT molecular complexity index is 487. The second kappa shape index (κ2) is 6.05. The maximum absolute atomic E-state index is 12.3. The number of morpholine rings is 1. The zero-order valence-electron chi connectivity index (χ0n) is 12.0. The molecule has 0 bridgehead atoms. The molecule has 2 rings (SSSR count). The smallest absolute Gasteiger partial charge is 0.251 e. The van der Waals surface area contributed by atoms with Crippen LogP contribution in [-0.4, -0.2) is 42.5 Å². The Morgan fingerprint density at radius 3 is 2.60 bits per heavy atom. The fourth-order valence-corrected chi connectivity index (χ4v) is 2.35. The van der Waals surface area contributed by atoms with E-state index in [0.717, 1.165) is 5.56 Å². The second-order valence-electron chi connectivity index (χ2n) is 5.26. The summed E-state index contributed by atoms with van der Waals surface area (Å²) in [5, 5.41) is 2.85. The minimum Gasteiger partial charge on any atom is -0.356 e. The van der Waals surface area contributed by atoms with E-state index < -0.39 is 12.1 Å². The van der Waals surface area contributed by atoms with Gasteiger partial charge in [0.05, 0.1) is 6.04 Å². The first-order valence-electron chi connectivity index (χ1n) is 6.73. The monoisotopic (exact) mass is 276 g/mol. The predicted octanol–water partition coefficient (Wildman–Crippen LogP) is 1.11. The number of nitrogens with one attached hydrogen (secondary N) is 1. The van der Waals surface area contributed by atoms with Crippen LogP contribution in [0, 0.1) is 0 Å². The van der Waals surface area contributed by atoms with Crippen LogP contribution < -0.4 is 5.32 Å². The molecule has 1 fully saturated rings. The number of benzene rings is 1. The number of hydrogen-bond donors (Lipinski definition) is 1. The number of ether oxygens (including phenoxy) is 1. The third kappa shape index (κ3) is 2.99. The molecule has 0 radical (unpaired) electrons. The van der Waals surface area contributed by atoms with Crippen LogP contribution in [0.1, 0.15) is 25.5 Å². The van der Waals surface area contributed by atoms with E-state index in [-0.39, 0.29) is 24.5 Å². The fourth-order valence-electron chi connectivity index (χ4n) is 2.35. The first-order chi connectivity index (χ1) is 9.50. The molecule has 1 aromatic rings. The molecule has 20 heavy (non-hydrogen) atoms. The van der Waals surface area contributed by atoms with Crippen LogP contribution in [0.2, 0.25) is 0 Å². The number of likely N-dealkylation sites (N-methyl/N-ethyl adjacent to an activating group) is 1. The number of amides is 2. The molecular weight excluding hydrogens is 256 g/mol. The van der Waals surface area contributed by atoms with Gasteiger partial charge in [0.2, 0.25) is 5.91 Å². The van der Waals surface area contributed by atoms with Gasteiger partial charge in [-0.15, -0.1) is 0 Å². The molecule has 0 unspecified atom stereocenters. The van der Waals surface area contributed by atoms with E-state index in [4.69, 9.17) is 4.74 Å². The maximum atomic E-state index is 12.3. The molecule has 1 saturated heterocycles. The maximum Gasteiger partial charge on any atom is 0.251 e. The number of carbonyl (C=O) groups is 2. The van der Waals surface area contributed by atoms with Crippen LogP contribution in [0.3, 0.4) is 0 Å². The SMILES string of the molecule is CC(C)NC(=O)[C@H]1OCC(=O)N(C)[C@@H]1c1ccccc1. The van der Waals surface area contributed by atoms with Crippen molar-refractivity contribution < 1.29 is 14.3 Å². The molecule has 1 heterocycles. The zero-order valence-corrected chi connectivity index (χ0v) is 12.0. The average Bonchev–Trinajstić information content (AvgIpc) is 2.41. The van der Waals surface area contributed by atoms with Gasteiger partial charge < -0.3 is 15.0 Å². The average molecular weight is 276 g/mol. The van der Waals surface area contributed by atoms with Crippen molar-refractivity contribution in [1.29, 1.82) is 0 Å². The van der Waals surface area contributed by atoms with E-state index in [0.29, 0.717) is 0 Å². The van der Waals surface area contributed by atoms with E-state index in [1.54, 1.807) is 11.9 Å². The van der Waals surface area contributed by atoms with Crippen LogP contribution in [0.4, 0.5) is 0 Å². The summed E-state index contributed by atoms with van der Waals surface area (Å²) >= 11 is 0. The lowest BCUT2D eigenvalue weighted by Gasteiger charge is -2.38. The summed E-state index contributed by atoms with van der Waals surface area (Å²) in [5.41, 5.74) is 0.895. The van der Waals surface area contributed by atoms with Crippen molar-refractivity contribution in [2.45, 2.75) is 32.0 Å². The van der Waals surface area contributed by atoms with Crippen LogP contribution in [0.15, 0.2) is 30.3 Å². The molecule has 5 nitrogen and oxygen atoms in total. The van der Waals surface area contributed by atoms with Crippen molar-refractivity contribution in [2.75, 3.05) is 13.7 Å². The third-order valence-electron chi connectivity index (χ3n) is 3.31. The Hall–Kier alpha value is -1.88. The number of carbonyl (C=O) groups excluding carboxylic acids is 2. The summed E-state index contributed by atoms with van der Waals surface area (Å²) in [6.45, 7) is 3.73. The van der Waals surface area contributed by atoms with E-state index >= 15 is 0 Å². The van der Waals surface area contributed by atoms with Crippen LogP contribution >= 0.6 is 0 Å². The first kappa shape index (κ1) is 14.5. The van der Waals surface area contributed by atoms with Gasteiger partial charge in [-0.2, -0.15) is 0 Å². The van der Waals surface area contributed by atoms with Crippen molar-refractivity contribution in [3.63, 3.8) is 0 Å². The van der Waals surface area contributed by atoms with Crippen molar-refractivity contribution in [1.82, 2.24) is 10.2 Å². The lowest BCUT2D eigenvalue weighted by Crippen LogP contribution is -2.53. The number of rotatable bonds is 3. The van der Waals surface area contributed by atoms with Gasteiger partial charge >= 0.3 is 0 Å². The molecule has 5 heteroatoms. The molecule has 0 saturated carbocycles. The minimum absolute atomic E-state index is 0.0328. The Morgan fingerprint density at radius 2 is 2.00 bits per heavy atom. The van der Waals surface area contributed by atoms with Crippen molar-refractivity contribution >= 4 is 11.8 Å². The topological polar surface area (TPSA) is 58.6 Å². The molecule has 2 atom stereocenters. The summed E-state index contributed by atoms with van der Waals surface area (Å²) in [7, 11) is 1.71. The molecule has 0 aliphatic carbocycles. The van der Waals surface area contributed by atoms with Gasteiger partial charge in [0.15, 0.2) is 6.10 Å². The van der Waals surface area contributed by atoms with Crippen molar-refractivity contribution in [2.24, 2.45) is 0 Å². The summed E-state index contributed by atoms with van der Waals surface area (Å²) in [6, 6.07) is 9.12. The number of hydrogen-bond acceptors (Lipinski definition) is 3. The van der Waals surface area contributed by atoms with Crippen molar-refractivity contribution in [3.8, 4) is 0 Å². The molecule has 1 aromatic carbocycles. The molecule has 108 valence electrons. The molecule has 2 amide bonds. The van der Waals surface area contributed by atoms with Gasteiger partial charge in [0.1, 0.15) is 6.61 Å². The fraction of sp³-hybridized carbons (Fsp3) is 0.467. The second-order valence-corrected chi connectivity index (χ2v) is 5.26. The quantitative estimate of drug-likeness (QED) is 0.899. The molecule has 0 aromatic heterocycles. The van der Waals surface area contributed by atoms with Gasteiger partial charge in [-0.05, 0) is 19.4 Å². The molecule has 1 aliphatic heterocycles. The summed E-state index contributed by atoms with van der Waals surface area (Å²) in [4.78, 5) is 25.7. The van der Waals surface area contributed by atoms with E-state index in [1.807, 2.05) is 44.2 Å². The Kier molecular flexibility index (Phi) is 4.39. The minimum atomic E-state index is -0.678. The Labute approximate surface area is 118 Å². The van der Waals surface area contributed by atoms with Gasteiger partial charge in [-0.3, -0.25) is 9.59 Å². The van der Waals surface area contributed by atoms with Crippen molar-refractivity contribution in [3.05, 3.63) is 35.9 Å². The van der Waals surface area contributed by atoms with Gasteiger partial charge in [0.25, 0.3) is 5.91 Å². The standard InChI is InChI=1S/C15H20N2O3/c1-10(2)16-15(19)14-13(11-7-5-4-6-8-11)17(3)12(18)9-20-14/h4-8,10,13-14H,9H2,1-3H3,(H,16,19)/t13-,14+/m1/s1. The van der Waals surface area contributed by atoms with E-state index in [9.17, 15) is 9.59 Å². The lowest BCUT2D eigenvalue weighted by molar-refractivity contribution is -0.162. The molecule has 1 aliphatic rings. The van der Waals surface area contributed by atoms with E-state index in [2.05, 4.69) is 5.32 Å². The highest BCUT2D eigenvalue weighted by Crippen LogP contribution is 2.29. The van der Waals surface area contributed by atoms with E-state index in [1.165, 1.54) is 0 Å². The predicted molar refractivity (Wildman–Crippen MR) is 75.0 cm³/mol.